The number of nitrogens with two attached hydrogens (primary N) is 1. The van der Waals surface area contributed by atoms with E-state index in [2.05, 4.69) is 11.8 Å². The van der Waals surface area contributed by atoms with Gasteiger partial charge in [-0.1, -0.05) is 13.3 Å². The third-order valence-corrected chi connectivity index (χ3v) is 2.49. The molecule has 1 atom stereocenters. The molecular weight excluding hydrogens is 188 g/mol. The van der Waals surface area contributed by atoms with Crippen molar-refractivity contribution < 1.29 is 4.79 Å². The molecule has 0 aromatic carbocycles. The summed E-state index contributed by atoms with van der Waals surface area (Å²) in [5.41, 5.74) is 5.28. The molecule has 0 radical (unpaired) electrons. The summed E-state index contributed by atoms with van der Waals surface area (Å²) in [7, 11) is 0. The summed E-state index contributed by atoms with van der Waals surface area (Å²) in [5, 5.41) is 0. The van der Waals surface area contributed by atoms with Crippen LogP contribution in [0.2, 0.25) is 0 Å². The highest BCUT2D eigenvalue weighted by atomic mass is 35.5. The molecule has 1 aliphatic heterocycles. The fourth-order valence-corrected chi connectivity index (χ4v) is 1.78. The van der Waals surface area contributed by atoms with Crippen LogP contribution in [0.25, 0.3) is 0 Å². The second-order valence-electron chi connectivity index (χ2n) is 3.45. The normalized spacial score (nSPS) is 22.7. The number of unbranched alkanes of at least 4 members (excludes halogenated alkanes) is 1. The molecule has 1 saturated heterocycles. The van der Waals surface area contributed by atoms with E-state index in [0.29, 0.717) is 0 Å². The Hall–Kier alpha value is -0.280. The second-order valence-corrected chi connectivity index (χ2v) is 3.45. The molecular formula is C9H19ClN2O. The number of nitrogens with zero attached hydrogens (tertiary/aromatic N) is 1. The van der Waals surface area contributed by atoms with Gasteiger partial charge in [-0.15, -0.1) is 12.4 Å². The Morgan fingerprint density at radius 1 is 1.62 bits per heavy atom. The molecule has 2 N–H and O–H groups in total. The molecule has 1 rings (SSSR count). The fourth-order valence-electron chi connectivity index (χ4n) is 1.78. The van der Waals surface area contributed by atoms with Crippen LogP contribution in [0.4, 0.5) is 0 Å². The zero-order chi connectivity index (χ0) is 8.97. The van der Waals surface area contributed by atoms with Gasteiger partial charge in [0.2, 0.25) is 5.91 Å². The molecule has 0 bridgehead atoms. The molecule has 78 valence electrons. The lowest BCUT2D eigenvalue weighted by molar-refractivity contribution is -0.122. The highest BCUT2D eigenvalue weighted by Crippen LogP contribution is 2.16. The Kier molecular flexibility index (Phi) is 6.08. The number of carbonyl (C=O) groups excluding carboxylic acids is 1. The summed E-state index contributed by atoms with van der Waals surface area (Å²) in [6.45, 7) is 4.24. The van der Waals surface area contributed by atoms with Crippen LogP contribution in [0.15, 0.2) is 0 Å². The van der Waals surface area contributed by atoms with E-state index < -0.39 is 0 Å². The molecule has 0 aliphatic carbocycles. The van der Waals surface area contributed by atoms with Crippen LogP contribution in [0.1, 0.15) is 32.6 Å². The first-order valence-electron chi connectivity index (χ1n) is 4.79. The number of amides is 1. The van der Waals surface area contributed by atoms with Gasteiger partial charge in [-0.2, -0.15) is 0 Å². The van der Waals surface area contributed by atoms with Crippen molar-refractivity contribution >= 4 is 18.3 Å². The van der Waals surface area contributed by atoms with Gasteiger partial charge in [0.1, 0.15) is 0 Å². The Morgan fingerprint density at radius 3 is 2.85 bits per heavy atom. The molecule has 0 saturated carbocycles. The van der Waals surface area contributed by atoms with Gasteiger partial charge in [0.25, 0.3) is 0 Å². The predicted molar refractivity (Wildman–Crippen MR) is 55.9 cm³/mol. The number of rotatable bonds is 4. The third-order valence-electron chi connectivity index (χ3n) is 2.49. The molecule has 1 unspecified atom stereocenters. The second kappa shape index (κ2) is 6.22. The van der Waals surface area contributed by atoms with Crippen molar-refractivity contribution in [1.82, 2.24) is 4.90 Å². The predicted octanol–water partition coefficient (Wildman–Crippen LogP) is 1.16. The van der Waals surface area contributed by atoms with E-state index in [1.807, 2.05) is 0 Å². The maximum absolute atomic E-state index is 11.0. The zero-order valence-electron chi connectivity index (χ0n) is 8.16. The van der Waals surface area contributed by atoms with Gasteiger partial charge in [0, 0.05) is 0 Å². The van der Waals surface area contributed by atoms with Crippen molar-refractivity contribution in [2.24, 2.45) is 5.73 Å². The molecule has 0 spiro atoms. The number of likely N-dealkylation sites (tertiary alicyclic amines) is 1. The smallest absolute Gasteiger partial charge is 0.234 e. The minimum Gasteiger partial charge on any atom is -0.368 e. The van der Waals surface area contributed by atoms with E-state index >= 15 is 0 Å². The summed E-state index contributed by atoms with van der Waals surface area (Å²) in [4.78, 5) is 13.2. The van der Waals surface area contributed by atoms with Crippen molar-refractivity contribution in [1.29, 1.82) is 0 Å². The van der Waals surface area contributed by atoms with Gasteiger partial charge in [0.05, 0.1) is 6.04 Å². The maximum atomic E-state index is 11.0. The molecule has 1 amide bonds. The summed E-state index contributed by atoms with van der Waals surface area (Å²) in [6, 6.07) is 0.0246. The largest absolute Gasteiger partial charge is 0.368 e. The molecule has 1 heterocycles. The Balaban J connectivity index is 0.00000144. The van der Waals surface area contributed by atoms with Gasteiger partial charge in [-0.3, -0.25) is 9.69 Å². The Bertz CT molecular complexity index is 164. The molecule has 4 heteroatoms. The number of hydrogen-bond donors (Lipinski definition) is 1. The van der Waals surface area contributed by atoms with Crippen LogP contribution < -0.4 is 5.73 Å². The van der Waals surface area contributed by atoms with Crippen molar-refractivity contribution in [3.05, 3.63) is 0 Å². The number of primary amides is 1. The zero-order valence-corrected chi connectivity index (χ0v) is 8.98. The van der Waals surface area contributed by atoms with Crippen molar-refractivity contribution in [2.75, 3.05) is 13.1 Å². The van der Waals surface area contributed by atoms with Gasteiger partial charge in [0.15, 0.2) is 0 Å². The third kappa shape index (κ3) is 3.53. The van der Waals surface area contributed by atoms with Crippen LogP contribution in [0, 0.1) is 0 Å². The summed E-state index contributed by atoms with van der Waals surface area (Å²) in [5.74, 6) is -0.149. The van der Waals surface area contributed by atoms with E-state index in [1.165, 1.54) is 12.8 Å². The molecule has 1 fully saturated rings. The standard InChI is InChI=1S/C9H18N2O.ClH/c1-2-3-6-11-7-4-5-8(11)9(10)12;/h8H,2-7H2,1H3,(H2,10,12);1H. The molecule has 0 aromatic heterocycles. The first-order chi connectivity index (χ1) is 5.75. The van der Waals surface area contributed by atoms with Crippen molar-refractivity contribution in [2.45, 2.75) is 38.6 Å². The summed E-state index contributed by atoms with van der Waals surface area (Å²) >= 11 is 0. The molecule has 1 aliphatic rings. The van der Waals surface area contributed by atoms with Crippen LogP contribution in [-0.2, 0) is 4.79 Å². The molecule has 0 aromatic rings. The van der Waals surface area contributed by atoms with Crippen LogP contribution >= 0.6 is 12.4 Å². The summed E-state index contributed by atoms with van der Waals surface area (Å²) in [6.07, 6.45) is 4.43. The highest BCUT2D eigenvalue weighted by Gasteiger charge is 2.27. The van der Waals surface area contributed by atoms with E-state index in [9.17, 15) is 4.79 Å². The minimum absolute atomic E-state index is 0. The quantitative estimate of drug-likeness (QED) is 0.751. The first kappa shape index (κ1) is 12.7. The fraction of sp³-hybridized carbons (Fsp3) is 0.889. The lowest BCUT2D eigenvalue weighted by atomic mass is 10.2. The summed E-state index contributed by atoms with van der Waals surface area (Å²) < 4.78 is 0. The average Bonchev–Trinajstić information content (AvgIpc) is 2.48. The average molecular weight is 207 g/mol. The highest BCUT2D eigenvalue weighted by molar-refractivity contribution is 5.85. The lowest BCUT2D eigenvalue weighted by Gasteiger charge is -2.20. The number of halogens is 1. The van der Waals surface area contributed by atoms with Crippen LogP contribution in [-0.4, -0.2) is 29.9 Å². The van der Waals surface area contributed by atoms with Gasteiger partial charge < -0.3 is 5.73 Å². The SMILES string of the molecule is CCCCN1CCCC1C(N)=O.Cl. The minimum atomic E-state index is -0.149. The molecule has 13 heavy (non-hydrogen) atoms. The maximum Gasteiger partial charge on any atom is 0.234 e. The van der Waals surface area contributed by atoms with Gasteiger partial charge in [-0.25, -0.2) is 0 Å². The monoisotopic (exact) mass is 206 g/mol. The van der Waals surface area contributed by atoms with E-state index in [0.717, 1.165) is 25.9 Å². The van der Waals surface area contributed by atoms with Crippen LogP contribution in [0.5, 0.6) is 0 Å². The lowest BCUT2D eigenvalue weighted by Crippen LogP contribution is -2.40. The van der Waals surface area contributed by atoms with E-state index in [-0.39, 0.29) is 24.4 Å². The number of hydrogen-bond acceptors (Lipinski definition) is 2. The topological polar surface area (TPSA) is 46.3 Å². The van der Waals surface area contributed by atoms with E-state index in [4.69, 9.17) is 5.73 Å². The molecule has 3 nitrogen and oxygen atoms in total. The Morgan fingerprint density at radius 2 is 2.31 bits per heavy atom. The van der Waals surface area contributed by atoms with Crippen LogP contribution in [0.3, 0.4) is 0 Å². The van der Waals surface area contributed by atoms with Gasteiger partial charge >= 0.3 is 0 Å². The number of carbonyl (C=O) groups is 1. The van der Waals surface area contributed by atoms with Crippen molar-refractivity contribution in [3.8, 4) is 0 Å². The van der Waals surface area contributed by atoms with Crippen molar-refractivity contribution in [3.63, 3.8) is 0 Å². The van der Waals surface area contributed by atoms with E-state index in [1.54, 1.807) is 0 Å². The van der Waals surface area contributed by atoms with Gasteiger partial charge in [-0.05, 0) is 32.4 Å². The Labute approximate surface area is 86.1 Å². The first-order valence-corrected chi connectivity index (χ1v) is 4.79.